The zero-order valence-corrected chi connectivity index (χ0v) is 20.9. The molecule has 4 aromatic rings. The van der Waals surface area contributed by atoms with Crippen LogP contribution in [0.5, 0.6) is 17.2 Å². The fourth-order valence-electron chi connectivity index (χ4n) is 3.73. The number of nitrogens with zero attached hydrogens (tertiary/aromatic N) is 1. The Balaban J connectivity index is 1.66. The van der Waals surface area contributed by atoms with Crippen LogP contribution in [0, 0.1) is 0 Å². The van der Waals surface area contributed by atoms with Crippen molar-refractivity contribution in [3.63, 3.8) is 0 Å². The number of rotatable bonds is 9. The van der Waals surface area contributed by atoms with Crippen LogP contribution in [0.25, 0.3) is 22.8 Å². The molecule has 0 aliphatic rings. The summed E-state index contributed by atoms with van der Waals surface area (Å²) in [6.45, 7) is 2.50. The molecule has 9 nitrogen and oxygen atoms in total. The average molecular weight is 503 g/mol. The molecule has 3 aromatic carbocycles. The Hall–Kier alpha value is -4.79. The molecular formula is C28H26N2O7. The first kappa shape index (κ1) is 25.3. The molecule has 9 heteroatoms. The smallest absolute Gasteiger partial charge is 0.340 e. The number of amides is 1. The summed E-state index contributed by atoms with van der Waals surface area (Å²) in [5, 5.41) is 2.78. The third-order valence-corrected chi connectivity index (χ3v) is 5.53. The van der Waals surface area contributed by atoms with Gasteiger partial charge in [-0.15, -0.1) is 0 Å². The largest absolute Gasteiger partial charge is 0.494 e. The summed E-state index contributed by atoms with van der Waals surface area (Å²) >= 11 is 0. The van der Waals surface area contributed by atoms with Gasteiger partial charge in [0.05, 0.1) is 50.9 Å². The van der Waals surface area contributed by atoms with E-state index in [-0.39, 0.29) is 17.1 Å². The van der Waals surface area contributed by atoms with E-state index >= 15 is 0 Å². The lowest BCUT2D eigenvalue weighted by atomic mass is 10.1. The second-order valence-corrected chi connectivity index (χ2v) is 7.73. The van der Waals surface area contributed by atoms with E-state index in [1.807, 2.05) is 31.2 Å². The highest BCUT2D eigenvalue weighted by atomic mass is 16.5. The van der Waals surface area contributed by atoms with E-state index in [9.17, 15) is 9.59 Å². The van der Waals surface area contributed by atoms with Crippen molar-refractivity contribution >= 4 is 17.6 Å². The first-order valence-electron chi connectivity index (χ1n) is 11.4. The standard InChI is InChI=1S/C28H26N2O7/c1-5-36-18-12-10-17(11-13-18)25-16-29-27(37-25)20-9-7-6-8-19(20)26(31)30-22-15-24(34-3)23(33-2)14-21(22)28(32)35-4/h6-16H,5H2,1-4H3,(H,30,31). The van der Waals surface area contributed by atoms with E-state index in [2.05, 4.69) is 10.3 Å². The van der Waals surface area contributed by atoms with Crippen LogP contribution >= 0.6 is 0 Å². The van der Waals surface area contributed by atoms with Gasteiger partial charge in [0.2, 0.25) is 5.89 Å². The third-order valence-electron chi connectivity index (χ3n) is 5.53. The van der Waals surface area contributed by atoms with E-state index in [0.717, 1.165) is 11.3 Å². The van der Waals surface area contributed by atoms with Crippen molar-refractivity contribution in [1.29, 1.82) is 0 Å². The second-order valence-electron chi connectivity index (χ2n) is 7.73. The maximum Gasteiger partial charge on any atom is 0.340 e. The first-order valence-corrected chi connectivity index (χ1v) is 11.4. The second kappa shape index (κ2) is 11.3. The van der Waals surface area contributed by atoms with Crippen molar-refractivity contribution in [3.05, 3.63) is 78.0 Å². The van der Waals surface area contributed by atoms with Gasteiger partial charge in [-0.1, -0.05) is 12.1 Å². The molecule has 0 saturated carbocycles. The van der Waals surface area contributed by atoms with E-state index < -0.39 is 11.9 Å². The van der Waals surface area contributed by atoms with Gasteiger partial charge in [-0.05, 0) is 43.3 Å². The normalized spacial score (nSPS) is 10.5. The Morgan fingerprint density at radius 3 is 2.30 bits per heavy atom. The van der Waals surface area contributed by atoms with Gasteiger partial charge in [-0.25, -0.2) is 9.78 Å². The molecule has 1 N–H and O–H groups in total. The molecule has 0 bridgehead atoms. The van der Waals surface area contributed by atoms with Gasteiger partial charge in [-0.2, -0.15) is 0 Å². The Morgan fingerprint density at radius 1 is 0.919 bits per heavy atom. The van der Waals surface area contributed by atoms with Crippen molar-refractivity contribution in [2.45, 2.75) is 6.92 Å². The minimum absolute atomic E-state index is 0.111. The van der Waals surface area contributed by atoms with Crippen LogP contribution in [0.2, 0.25) is 0 Å². The SMILES string of the molecule is CCOc1ccc(-c2cnc(-c3ccccc3C(=O)Nc3cc(OC)c(OC)cc3C(=O)OC)o2)cc1. The number of hydrogen-bond donors (Lipinski definition) is 1. The monoisotopic (exact) mass is 502 g/mol. The molecule has 0 aliphatic carbocycles. The summed E-state index contributed by atoms with van der Waals surface area (Å²) in [4.78, 5) is 30.2. The van der Waals surface area contributed by atoms with E-state index in [1.54, 1.807) is 30.5 Å². The number of aromatic nitrogens is 1. The summed E-state index contributed by atoms with van der Waals surface area (Å²) in [7, 11) is 4.16. The van der Waals surface area contributed by atoms with Crippen molar-refractivity contribution in [1.82, 2.24) is 4.98 Å². The van der Waals surface area contributed by atoms with E-state index in [0.29, 0.717) is 35.0 Å². The molecule has 0 fully saturated rings. The van der Waals surface area contributed by atoms with Gasteiger partial charge in [-0.3, -0.25) is 4.79 Å². The van der Waals surface area contributed by atoms with Gasteiger partial charge in [0.1, 0.15) is 5.75 Å². The molecule has 0 atom stereocenters. The van der Waals surface area contributed by atoms with Crippen LogP contribution in [0.1, 0.15) is 27.6 Å². The molecule has 0 aliphatic heterocycles. The highest BCUT2D eigenvalue weighted by Gasteiger charge is 2.22. The van der Waals surface area contributed by atoms with Crippen LogP contribution in [0.3, 0.4) is 0 Å². The molecule has 190 valence electrons. The number of carbonyl (C=O) groups excluding carboxylic acids is 2. The summed E-state index contributed by atoms with van der Waals surface area (Å²) in [6, 6.07) is 17.3. The van der Waals surface area contributed by atoms with Crippen molar-refractivity contribution in [2.75, 3.05) is 33.3 Å². The van der Waals surface area contributed by atoms with Crippen LogP contribution in [-0.4, -0.2) is 44.8 Å². The van der Waals surface area contributed by atoms with E-state index in [1.165, 1.54) is 33.5 Å². The number of oxazole rings is 1. The zero-order valence-electron chi connectivity index (χ0n) is 20.9. The number of carbonyl (C=O) groups is 2. The quantitative estimate of drug-likeness (QED) is 0.300. The number of hydrogen-bond acceptors (Lipinski definition) is 8. The van der Waals surface area contributed by atoms with Crippen molar-refractivity contribution in [3.8, 4) is 40.0 Å². The van der Waals surface area contributed by atoms with Gasteiger partial charge in [0.15, 0.2) is 17.3 Å². The van der Waals surface area contributed by atoms with Crippen LogP contribution in [0.4, 0.5) is 5.69 Å². The molecule has 1 heterocycles. The molecule has 1 aromatic heterocycles. The Morgan fingerprint density at radius 2 is 1.62 bits per heavy atom. The van der Waals surface area contributed by atoms with E-state index in [4.69, 9.17) is 23.4 Å². The molecule has 0 unspecified atom stereocenters. The lowest BCUT2D eigenvalue weighted by Gasteiger charge is -2.15. The van der Waals surface area contributed by atoms with Gasteiger partial charge in [0.25, 0.3) is 5.91 Å². The highest BCUT2D eigenvalue weighted by Crippen LogP contribution is 2.35. The lowest BCUT2D eigenvalue weighted by molar-refractivity contribution is 0.0601. The summed E-state index contributed by atoms with van der Waals surface area (Å²) in [6.07, 6.45) is 1.60. The molecule has 1 amide bonds. The minimum Gasteiger partial charge on any atom is -0.494 e. The van der Waals surface area contributed by atoms with Crippen molar-refractivity contribution in [2.24, 2.45) is 0 Å². The number of methoxy groups -OCH3 is 3. The predicted molar refractivity (Wildman–Crippen MR) is 137 cm³/mol. The fraction of sp³-hybridized carbons (Fsp3) is 0.179. The minimum atomic E-state index is -0.641. The molecule has 0 spiro atoms. The van der Waals surface area contributed by atoms with Gasteiger partial charge < -0.3 is 28.7 Å². The van der Waals surface area contributed by atoms with Crippen LogP contribution in [0.15, 0.2) is 71.3 Å². The Labute approximate surface area is 213 Å². The van der Waals surface area contributed by atoms with Gasteiger partial charge in [0, 0.05) is 23.3 Å². The number of benzene rings is 3. The molecule has 37 heavy (non-hydrogen) atoms. The number of esters is 1. The summed E-state index contributed by atoms with van der Waals surface area (Å²) in [5.74, 6) is 1.12. The molecule has 4 rings (SSSR count). The zero-order chi connectivity index (χ0) is 26.4. The number of anilines is 1. The van der Waals surface area contributed by atoms with Crippen molar-refractivity contribution < 1.29 is 33.0 Å². The maximum atomic E-state index is 13.4. The predicted octanol–water partition coefficient (Wildman–Crippen LogP) is 5.46. The maximum absolute atomic E-state index is 13.4. The molecular weight excluding hydrogens is 476 g/mol. The first-order chi connectivity index (χ1) is 18.0. The van der Waals surface area contributed by atoms with Crippen LogP contribution < -0.4 is 19.5 Å². The van der Waals surface area contributed by atoms with Gasteiger partial charge >= 0.3 is 5.97 Å². The van der Waals surface area contributed by atoms with Crippen LogP contribution in [-0.2, 0) is 4.74 Å². The fourth-order valence-corrected chi connectivity index (χ4v) is 3.73. The molecule has 0 saturated heterocycles. The number of nitrogens with one attached hydrogen (secondary N) is 1. The summed E-state index contributed by atoms with van der Waals surface area (Å²) < 4.78 is 27.0. The Bertz CT molecular complexity index is 1410. The third kappa shape index (κ3) is 5.40. The Kier molecular flexibility index (Phi) is 7.73. The average Bonchev–Trinajstić information content (AvgIpc) is 3.43. The lowest BCUT2D eigenvalue weighted by Crippen LogP contribution is -2.16. The molecule has 0 radical (unpaired) electrons. The highest BCUT2D eigenvalue weighted by molar-refractivity contribution is 6.11. The number of ether oxygens (including phenoxy) is 4. The topological polar surface area (TPSA) is 109 Å². The summed E-state index contributed by atoms with van der Waals surface area (Å²) in [5.41, 5.74) is 1.91.